The van der Waals surface area contributed by atoms with Gasteiger partial charge in [-0.1, -0.05) is 0 Å². The predicted octanol–water partition coefficient (Wildman–Crippen LogP) is 2.92. The second-order valence-corrected chi connectivity index (χ2v) is 4.19. The van der Waals surface area contributed by atoms with Crippen LogP contribution in [0.4, 0.5) is 4.39 Å². The third-order valence-electron chi connectivity index (χ3n) is 2.69. The summed E-state index contributed by atoms with van der Waals surface area (Å²) in [4.78, 5) is 22.4. The van der Waals surface area contributed by atoms with E-state index in [-0.39, 0.29) is 17.1 Å². The molecule has 0 radical (unpaired) electrons. The van der Waals surface area contributed by atoms with Gasteiger partial charge < -0.3 is 10.5 Å². The number of halogens is 1. The van der Waals surface area contributed by atoms with Gasteiger partial charge in [-0.15, -0.1) is 0 Å². The fourth-order valence-electron chi connectivity index (χ4n) is 1.68. The van der Waals surface area contributed by atoms with E-state index in [1.807, 2.05) is 0 Å². The maximum absolute atomic E-state index is 13.1. The van der Waals surface area contributed by atoms with Crippen LogP contribution in [0.1, 0.15) is 27.6 Å². The van der Waals surface area contributed by atoms with Crippen molar-refractivity contribution < 1.29 is 18.7 Å². The molecule has 0 heterocycles. The first-order chi connectivity index (χ1) is 9.47. The van der Waals surface area contributed by atoms with Gasteiger partial charge in [0.05, 0.1) is 5.56 Å². The molecule has 2 rings (SSSR count). The lowest BCUT2D eigenvalue weighted by molar-refractivity contribution is 0.0996. The molecule has 2 N–H and O–H groups in total. The SMILES string of the molecule is CC(=O)c1cc(F)ccc1Oc1ccc(C(N)=O)cc1. The van der Waals surface area contributed by atoms with Crippen LogP contribution in [0.25, 0.3) is 0 Å². The van der Waals surface area contributed by atoms with Gasteiger partial charge in [-0.3, -0.25) is 9.59 Å². The van der Waals surface area contributed by atoms with Crippen LogP contribution in [0.3, 0.4) is 0 Å². The van der Waals surface area contributed by atoms with Crippen molar-refractivity contribution in [3.63, 3.8) is 0 Å². The molecule has 20 heavy (non-hydrogen) atoms. The fourth-order valence-corrected chi connectivity index (χ4v) is 1.68. The van der Waals surface area contributed by atoms with Gasteiger partial charge in [-0.2, -0.15) is 0 Å². The summed E-state index contributed by atoms with van der Waals surface area (Å²) in [5.41, 5.74) is 5.64. The molecular weight excluding hydrogens is 261 g/mol. The Hall–Kier alpha value is -2.69. The van der Waals surface area contributed by atoms with Crippen molar-refractivity contribution in [2.75, 3.05) is 0 Å². The summed E-state index contributed by atoms with van der Waals surface area (Å²) in [6.07, 6.45) is 0. The number of hydrogen-bond acceptors (Lipinski definition) is 3. The maximum atomic E-state index is 13.1. The largest absolute Gasteiger partial charge is 0.457 e. The summed E-state index contributed by atoms with van der Waals surface area (Å²) < 4.78 is 18.6. The molecule has 0 spiro atoms. The molecular formula is C15H12FNO3. The lowest BCUT2D eigenvalue weighted by Crippen LogP contribution is -2.10. The van der Waals surface area contributed by atoms with E-state index in [9.17, 15) is 14.0 Å². The number of rotatable bonds is 4. The number of ketones is 1. The highest BCUT2D eigenvalue weighted by Gasteiger charge is 2.11. The summed E-state index contributed by atoms with van der Waals surface area (Å²) in [6.45, 7) is 1.33. The van der Waals surface area contributed by atoms with Gasteiger partial charge in [0.25, 0.3) is 0 Å². The Morgan fingerprint density at radius 1 is 1.10 bits per heavy atom. The zero-order valence-electron chi connectivity index (χ0n) is 10.7. The van der Waals surface area contributed by atoms with E-state index in [1.165, 1.54) is 31.2 Å². The number of ether oxygens (including phenoxy) is 1. The number of nitrogens with two attached hydrogens (primary N) is 1. The molecule has 2 aromatic carbocycles. The maximum Gasteiger partial charge on any atom is 0.248 e. The minimum Gasteiger partial charge on any atom is -0.457 e. The molecule has 0 aliphatic heterocycles. The molecule has 0 fully saturated rings. The summed E-state index contributed by atoms with van der Waals surface area (Å²) in [7, 11) is 0. The minimum absolute atomic E-state index is 0.156. The van der Waals surface area contributed by atoms with Crippen LogP contribution >= 0.6 is 0 Å². The number of carbonyl (C=O) groups excluding carboxylic acids is 2. The highest BCUT2D eigenvalue weighted by Crippen LogP contribution is 2.26. The van der Waals surface area contributed by atoms with Crippen LogP contribution in [-0.4, -0.2) is 11.7 Å². The van der Waals surface area contributed by atoms with Gasteiger partial charge in [0.15, 0.2) is 5.78 Å². The van der Waals surface area contributed by atoms with Crippen LogP contribution < -0.4 is 10.5 Å². The van der Waals surface area contributed by atoms with E-state index in [4.69, 9.17) is 10.5 Å². The molecule has 0 saturated heterocycles. The highest BCUT2D eigenvalue weighted by molar-refractivity contribution is 5.97. The van der Waals surface area contributed by atoms with E-state index in [0.717, 1.165) is 6.07 Å². The van der Waals surface area contributed by atoms with Gasteiger partial charge >= 0.3 is 0 Å². The highest BCUT2D eigenvalue weighted by atomic mass is 19.1. The standard InChI is InChI=1S/C15H12FNO3/c1-9(18)13-8-11(16)4-7-14(13)20-12-5-2-10(3-6-12)15(17)19/h2-8H,1H3,(H2,17,19). The molecule has 0 aliphatic carbocycles. The Morgan fingerprint density at radius 2 is 1.75 bits per heavy atom. The van der Waals surface area contributed by atoms with Crippen molar-refractivity contribution in [2.45, 2.75) is 6.92 Å². The van der Waals surface area contributed by atoms with Crippen molar-refractivity contribution in [1.29, 1.82) is 0 Å². The first kappa shape index (κ1) is 13.7. The first-order valence-electron chi connectivity index (χ1n) is 5.85. The molecule has 5 heteroatoms. The third kappa shape index (κ3) is 3.00. The van der Waals surface area contributed by atoms with E-state index < -0.39 is 11.7 Å². The Labute approximate surface area is 115 Å². The van der Waals surface area contributed by atoms with Gasteiger partial charge in [0.1, 0.15) is 17.3 Å². The monoisotopic (exact) mass is 273 g/mol. The zero-order chi connectivity index (χ0) is 14.7. The molecule has 4 nitrogen and oxygen atoms in total. The van der Waals surface area contributed by atoms with Gasteiger partial charge in [-0.05, 0) is 49.4 Å². The van der Waals surface area contributed by atoms with Crippen molar-refractivity contribution in [3.8, 4) is 11.5 Å². The Kier molecular flexibility index (Phi) is 3.79. The van der Waals surface area contributed by atoms with Crippen molar-refractivity contribution in [2.24, 2.45) is 5.73 Å². The van der Waals surface area contributed by atoms with Crippen LogP contribution in [0.2, 0.25) is 0 Å². The van der Waals surface area contributed by atoms with E-state index in [2.05, 4.69) is 0 Å². The second kappa shape index (κ2) is 5.52. The van der Waals surface area contributed by atoms with Crippen LogP contribution in [0, 0.1) is 5.82 Å². The van der Waals surface area contributed by atoms with Crippen LogP contribution in [0.15, 0.2) is 42.5 Å². The van der Waals surface area contributed by atoms with E-state index >= 15 is 0 Å². The zero-order valence-corrected chi connectivity index (χ0v) is 10.7. The number of primary amides is 1. The molecule has 1 amide bonds. The smallest absolute Gasteiger partial charge is 0.248 e. The molecule has 0 aliphatic rings. The molecule has 102 valence electrons. The van der Waals surface area contributed by atoms with Gasteiger partial charge in [0, 0.05) is 5.56 Å². The van der Waals surface area contributed by atoms with E-state index in [1.54, 1.807) is 12.1 Å². The van der Waals surface area contributed by atoms with Gasteiger partial charge in [-0.25, -0.2) is 4.39 Å². The Balaban J connectivity index is 2.30. The van der Waals surface area contributed by atoms with Crippen molar-refractivity contribution >= 4 is 11.7 Å². The average molecular weight is 273 g/mol. The third-order valence-corrected chi connectivity index (χ3v) is 2.69. The molecule has 2 aromatic rings. The summed E-state index contributed by atoms with van der Waals surface area (Å²) >= 11 is 0. The average Bonchev–Trinajstić information content (AvgIpc) is 2.41. The van der Waals surface area contributed by atoms with E-state index in [0.29, 0.717) is 11.3 Å². The summed E-state index contributed by atoms with van der Waals surface area (Å²) in [5, 5.41) is 0. The molecule has 0 bridgehead atoms. The quantitative estimate of drug-likeness (QED) is 0.871. The first-order valence-corrected chi connectivity index (χ1v) is 5.85. The topological polar surface area (TPSA) is 69.4 Å². The lowest BCUT2D eigenvalue weighted by Gasteiger charge is -2.09. The minimum atomic E-state index is -0.539. The predicted molar refractivity (Wildman–Crippen MR) is 71.4 cm³/mol. The molecule has 0 aromatic heterocycles. The molecule has 0 saturated carbocycles. The number of carbonyl (C=O) groups is 2. The van der Waals surface area contributed by atoms with Gasteiger partial charge in [0.2, 0.25) is 5.91 Å². The van der Waals surface area contributed by atoms with Crippen molar-refractivity contribution in [3.05, 3.63) is 59.4 Å². The number of amides is 1. The Bertz CT molecular complexity index is 665. The van der Waals surface area contributed by atoms with Crippen LogP contribution in [0.5, 0.6) is 11.5 Å². The molecule has 0 atom stereocenters. The summed E-state index contributed by atoms with van der Waals surface area (Å²) in [6, 6.07) is 9.83. The lowest BCUT2D eigenvalue weighted by atomic mass is 10.1. The number of Topliss-reactive ketones (excluding diaryl/α,β-unsaturated/α-hetero) is 1. The number of hydrogen-bond donors (Lipinski definition) is 1. The normalized spacial score (nSPS) is 10.1. The Morgan fingerprint density at radius 3 is 2.30 bits per heavy atom. The second-order valence-electron chi connectivity index (χ2n) is 4.19. The van der Waals surface area contributed by atoms with Crippen LogP contribution in [-0.2, 0) is 0 Å². The fraction of sp³-hybridized carbons (Fsp3) is 0.0667. The number of benzene rings is 2. The molecule has 0 unspecified atom stereocenters. The summed E-state index contributed by atoms with van der Waals surface area (Å²) in [5.74, 6) is -0.669. The van der Waals surface area contributed by atoms with Crippen molar-refractivity contribution in [1.82, 2.24) is 0 Å².